The molecule has 4 aromatic rings. The predicted molar refractivity (Wildman–Crippen MR) is 163 cm³/mol. The second-order valence-electron chi connectivity index (χ2n) is 10.7. The molecule has 1 unspecified atom stereocenters. The lowest BCUT2D eigenvalue weighted by atomic mass is 9.90. The smallest absolute Gasteiger partial charge is 0.254 e. The van der Waals surface area contributed by atoms with Crippen LogP contribution < -0.4 is 5.73 Å². The predicted octanol–water partition coefficient (Wildman–Crippen LogP) is 6.28. The van der Waals surface area contributed by atoms with E-state index in [1.54, 1.807) is 36.7 Å². The summed E-state index contributed by atoms with van der Waals surface area (Å²) in [4.78, 5) is 29.3. The Bertz CT molecular complexity index is 1540. The Balaban J connectivity index is 1.44. The largest absolute Gasteiger partial charge is 0.445 e. The molecule has 9 heteroatoms. The molecule has 41 heavy (non-hydrogen) atoms. The maximum atomic E-state index is 14.1. The Kier molecular flexibility index (Phi) is 8.46. The fourth-order valence-corrected chi connectivity index (χ4v) is 5.71. The van der Waals surface area contributed by atoms with Crippen LogP contribution in [0.15, 0.2) is 82.4 Å². The van der Waals surface area contributed by atoms with Crippen LogP contribution in [0.4, 0.5) is 0 Å². The lowest BCUT2D eigenvalue weighted by molar-refractivity contribution is 0.0556. The van der Waals surface area contributed by atoms with Crippen molar-refractivity contribution in [1.29, 1.82) is 0 Å². The molecule has 2 aromatic heterocycles. The van der Waals surface area contributed by atoms with Gasteiger partial charge in [0.1, 0.15) is 17.0 Å². The van der Waals surface area contributed by atoms with Gasteiger partial charge in [0.05, 0.1) is 18.3 Å². The van der Waals surface area contributed by atoms with Crippen molar-refractivity contribution in [1.82, 2.24) is 14.9 Å². The molecule has 1 fully saturated rings. The summed E-state index contributed by atoms with van der Waals surface area (Å²) in [7, 11) is 1.65. The van der Waals surface area contributed by atoms with Crippen LogP contribution in [0.2, 0.25) is 0 Å². The van der Waals surface area contributed by atoms with Crippen molar-refractivity contribution in [3.63, 3.8) is 0 Å². The van der Waals surface area contributed by atoms with Gasteiger partial charge in [0.25, 0.3) is 5.91 Å². The van der Waals surface area contributed by atoms with Gasteiger partial charge in [-0.15, -0.1) is 11.3 Å². The highest BCUT2D eigenvalue weighted by Crippen LogP contribution is 2.31. The summed E-state index contributed by atoms with van der Waals surface area (Å²) >= 11 is 1.57. The number of aliphatic imine (C=N–C) groups is 1. The van der Waals surface area contributed by atoms with E-state index in [2.05, 4.69) is 21.5 Å². The number of carbonyl (C=O) groups excluding carboxylic acids is 1. The highest BCUT2D eigenvalue weighted by atomic mass is 32.1. The number of hydrogen-bond donors (Lipinski definition) is 1. The SMILES string of the molecule is C=C(OC(=NC)C(C)(N)Cc1ccccc1)c1cc(C(=O)N(Cc2nc(C)cs2)C2CCC2)cc(-c2ncco2)c1. The molecular weight excluding hydrogens is 534 g/mol. The molecule has 0 bridgehead atoms. The number of oxazole rings is 1. The molecule has 8 nitrogen and oxygen atoms in total. The van der Waals surface area contributed by atoms with Crippen LogP contribution in [0.1, 0.15) is 58.4 Å². The Morgan fingerprint density at radius 2 is 2.00 bits per heavy atom. The average molecular weight is 570 g/mol. The molecule has 2 aromatic carbocycles. The topological polar surface area (TPSA) is 107 Å². The van der Waals surface area contributed by atoms with Crippen molar-refractivity contribution >= 4 is 28.9 Å². The number of nitrogens with zero attached hydrogens (tertiary/aromatic N) is 4. The lowest BCUT2D eigenvalue weighted by Crippen LogP contribution is -2.48. The van der Waals surface area contributed by atoms with Crippen LogP contribution in [0, 0.1) is 6.92 Å². The lowest BCUT2D eigenvalue weighted by Gasteiger charge is -2.37. The molecule has 1 saturated carbocycles. The minimum atomic E-state index is -0.884. The summed E-state index contributed by atoms with van der Waals surface area (Å²) in [5, 5.41) is 2.93. The molecule has 1 amide bonds. The highest BCUT2D eigenvalue weighted by molar-refractivity contribution is 7.09. The third-order valence-electron chi connectivity index (χ3n) is 7.26. The number of benzene rings is 2. The first-order chi connectivity index (χ1) is 19.7. The van der Waals surface area contributed by atoms with Crippen molar-refractivity contribution in [2.75, 3.05) is 7.05 Å². The normalized spacial score (nSPS) is 15.2. The van der Waals surface area contributed by atoms with Crippen LogP contribution in [0.3, 0.4) is 0 Å². The summed E-state index contributed by atoms with van der Waals surface area (Å²) in [5.41, 5.74) is 9.59. The standard InChI is InChI=1S/C32H35N5O3S/c1-21-20-41-28(36-21)19-37(27-11-8-12-27)30(38)26-16-24(15-25(17-26)29-35-13-14-39-29)22(2)40-31(34-4)32(3,33)18-23-9-6-5-7-10-23/h5-7,9-10,13-17,20,27H,2,8,11-12,18-19,33H2,1,3-4H3. The Hall–Kier alpha value is -4.08. The van der Waals surface area contributed by atoms with Gasteiger partial charge in [0.2, 0.25) is 11.8 Å². The monoisotopic (exact) mass is 569 g/mol. The van der Waals surface area contributed by atoms with E-state index in [-0.39, 0.29) is 11.9 Å². The number of amides is 1. The molecule has 1 atom stereocenters. The third-order valence-corrected chi connectivity index (χ3v) is 8.21. The van der Waals surface area contributed by atoms with Crippen molar-refractivity contribution in [2.24, 2.45) is 10.7 Å². The number of nitrogens with two attached hydrogens (primary N) is 1. The number of hydrogen-bond acceptors (Lipinski definition) is 8. The van der Waals surface area contributed by atoms with E-state index in [0.717, 1.165) is 35.5 Å². The van der Waals surface area contributed by atoms with E-state index in [1.807, 2.05) is 60.5 Å². The highest BCUT2D eigenvalue weighted by Gasteiger charge is 2.32. The zero-order valence-electron chi connectivity index (χ0n) is 23.7. The number of aromatic nitrogens is 2. The Morgan fingerprint density at radius 1 is 1.24 bits per heavy atom. The van der Waals surface area contributed by atoms with Crippen molar-refractivity contribution in [3.05, 3.63) is 100 Å². The van der Waals surface area contributed by atoms with E-state index in [9.17, 15) is 4.79 Å². The quantitative estimate of drug-likeness (QED) is 0.137. The summed E-state index contributed by atoms with van der Waals surface area (Å²) in [5.74, 6) is 0.984. The molecule has 2 N–H and O–H groups in total. The summed E-state index contributed by atoms with van der Waals surface area (Å²) in [6.45, 7) is 8.50. The molecular formula is C32H35N5O3S. The van der Waals surface area contributed by atoms with E-state index in [4.69, 9.17) is 14.9 Å². The fraction of sp³-hybridized carbons (Fsp3) is 0.312. The summed E-state index contributed by atoms with van der Waals surface area (Å²) in [6, 6.07) is 15.6. The molecule has 0 spiro atoms. The number of carbonyl (C=O) groups is 1. The number of thiazole rings is 1. The van der Waals surface area contributed by atoms with Crippen molar-refractivity contribution in [3.8, 4) is 11.5 Å². The van der Waals surface area contributed by atoms with Crippen LogP contribution >= 0.6 is 11.3 Å². The molecule has 2 heterocycles. The van der Waals surface area contributed by atoms with E-state index in [0.29, 0.717) is 47.2 Å². The van der Waals surface area contributed by atoms with E-state index < -0.39 is 5.54 Å². The molecule has 1 aliphatic rings. The van der Waals surface area contributed by atoms with Gasteiger partial charge in [-0.05, 0) is 63.3 Å². The molecule has 5 rings (SSSR count). The molecule has 0 aliphatic heterocycles. The Labute approximate surface area is 244 Å². The minimum Gasteiger partial charge on any atom is -0.445 e. The van der Waals surface area contributed by atoms with Crippen LogP contribution in [0.5, 0.6) is 0 Å². The number of aryl methyl sites for hydroxylation is 1. The first kappa shape index (κ1) is 28.4. The molecule has 212 valence electrons. The van der Waals surface area contributed by atoms with Gasteiger partial charge >= 0.3 is 0 Å². The van der Waals surface area contributed by atoms with Gasteiger partial charge < -0.3 is 19.8 Å². The van der Waals surface area contributed by atoms with Crippen LogP contribution in [-0.2, 0) is 17.7 Å². The first-order valence-electron chi connectivity index (χ1n) is 13.7. The second-order valence-corrected chi connectivity index (χ2v) is 11.6. The van der Waals surface area contributed by atoms with Gasteiger partial charge in [-0.2, -0.15) is 0 Å². The first-order valence-corrected chi connectivity index (χ1v) is 14.6. The van der Waals surface area contributed by atoms with Crippen molar-refractivity contribution < 1.29 is 13.9 Å². The van der Waals surface area contributed by atoms with E-state index >= 15 is 0 Å². The molecule has 1 aliphatic carbocycles. The van der Waals surface area contributed by atoms with Gasteiger partial charge in [0, 0.05) is 40.9 Å². The third kappa shape index (κ3) is 6.64. The van der Waals surface area contributed by atoms with Crippen molar-refractivity contribution in [2.45, 2.75) is 57.7 Å². The van der Waals surface area contributed by atoms with E-state index in [1.165, 1.54) is 6.26 Å². The summed E-state index contributed by atoms with van der Waals surface area (Å²) in [6.07, 6.45) is 6.67. The number of ether oxygens (including phenoxy) is 1. The fourth-order valence-electron chi connectivity index (χ4n) is 4.94. The minimum absolute atomic E-state index is 0.0814. The second kappa shape index (κ2) is 12.2. The molecule has 0 saturated heterocycles. The van der Waals surface area contributed by atoms with Gasteiger partial charge in [0.15, 0.2) is 0 Å². The van der Waals surface area contributed by atoms with Crippen LogP contribution in [0.25, 0.3) is 17.2 Å². The maximum absolute atomic E-state index is 14.1. The van der Waals surface area contributed by atoms with Gasteiger partial charge in [-0.1, -0.05) is 36.9 Å². The average Bonchev–Trinajstić information content (AvgIpc) is 3.62. The summed E-state index contributed by atoms with van der Waals surface area (Å²) < 4.78 is 11.8. The van der Waals surface area contributed by atoms with Crippen LogP contribution in [-0.4, -0.2) is 45.3 Å². The number of rotatable bonds is 10. The zero-order valence-corrected chi connectivity index (χ0v) is 24.5. The Morgan fingerprint density at radius 3 is 2.61 bits per heavy atom. The molecule has 0 radical (unpaired) electrons. The zero-order chi connectivity index (χ0) is 29.0. The maximum Gasteiger partial charge on any atom is 0.254 e. The van der Waals surface area contributed by atoms with Gasteiger partial charge in [-0.3, -0.25) is 9.79 Å². The van der Waals surface area contributed by atoms with Gasteiger partial charge in [-0.25, -0.2) is 9.97 Å².